The SMILES string of the molecule is Cc1cccc(-c2ocnc2C(=O)Nc2cnn(C[C@H](C)N)c2)c1. The van der Waals surface area contributed by atoms with Gasteiger partial charge >= 0.3 is 0 Å². The van der Waals surface area contributed by atoms with Crippen LogP contribution in [0.4, 0.5) is 5.69 Å². The fourth-order valence-corrected chi connectivity index (χ4v) is 2.41. The molecular weight excluding hydrogens is 306 g/mol. The zero-order chi connectivity index (χ0) is 17.1. The van der Waals surface area contributed by atoms with Gasteiger partial charge in [-0.05, 0) is 19.9 Å². The molecule has 2 aromatic heterocycles. The first-order valence-corrected chi connectivity index (χ1v) is 7.63. The van der Waals surface area contributed by atoms with E-state index in [1.165, 1.54) is 6.39 Å². The van der Waals surface area contributed by atoms with Gasteiger partial charge in [-0.25, -0.2) is 4.98 Å². The average molecular weight is 325 g/mol. The molecule has 3 rings (SSSR count). The predicted octanol–water partition coefficient (Wildman–Crippen LogP) is 2.45. The minimum Gasteiger partial charge on any atom is -0.443 e. The Morgan fingerprint density at radius 2 is 2.29 bits per heavy atom. The van der Waals surface area contributed by atoms with Crippen LogP contribution in [0.1, 0.15) is 23.0 Å². The standard InChI is InChI=1S/C17H19N5O2/c1-11-4-3-5-13(6-11)16-15(19-10-24-16)17(23)21-14-7-20-22(9-14)8-12(2)18/h3-7,9-10,12H,8,18H2,1-2H3,(H,21,23)/t12-/m0/s1. The summed E-state index contributed by atoms with van der Waals surface area (Å²) in [5.41, 5.74) is 8.44. The third-order valence-electron chi connectivity index (χ3n) is 3.43. The number of hydrogen-bond donors (Lipinski definition) is 2. The predicted molar refractivity (Wildman–Crippen MR) is 90.5 cm³/mol. The smallest absolute Gasteiger partial charge is 0.278 e. The number of nitrogens with one attached hydrogen (secondary N) is 1. The van der Waals surface area contributed by atoms with Crippen LogP contribution < -0.4 is 11.1 Å². The summed E-state index contributed by atoms with van der Waals surface area (Å²) >= 11 is 0. The summed E-state index contributed by atoms with van der Waals surface area (Å²) in [7, 11) is 0. The van der Waals surface area contributed by atoms with E-state index in [0.29, 0.717) is 18.0 Å². The Kier molecular flexibility index (Phi) is 4.43. The lowest BCUT2D eigenvalue weighted by Crippen LogP contribution is -2.22. The van der Waals surface area contributed by atoms with Gasteiger partial charge in [-0.2, -0.15) is 5.10 Å². The van der Waals surface area contributed by atoms with E-state index < -0.39 is 0 Å². The van der Waals surface area contributed by atoms with Crippen molar-refractivity contribution in [3.05, 3.63) is 54.3 Å². The minimum absolute atomic E-state index is 0.0167. The van der Waals surface area contributed by atoms with E-state index in [-0.39, 0.29) is 17.6 Å². The largest absolute Gasteiger partial charge is 0.443 e. The Hall–Kier alpha value is -2.93. The Balaban J connectivity index is 1.79. The molecule has 0 aliphatic carbocycles. The molecule has 0 unspecified atom stereocenters. The van der Waals surface area contributed by atoms with E-state index in [0.717, 1.165) is 11.1 Å². The van der Waals surface area contributed by atoms with Crippen LogP contribution in [0.3, 0.4) is 0 Å². The molecule has 0 bridgehead atoms. The lowest BCUT2D eigenvalue weighted by molar-refractivity contribution is 0.102. The molecule has 3 N–H and O–H groups in total. The number of aryl methyl sites for hydroxylation is 1. The van der Waals surface area contributed by atoms with E-state index in [1.807, 2.05) is 38.1 Å². The zero-order valence-corrected chi connectivity index (χ0v) is 13.6. The molecule has 3 aromatic rings. The molecule has 0 saturated heterocycles. The van der Waals surface area contributed by atoms with Crippen LogP contribution in [0, 0.1) is 6.92 Å². The molecule has 0 spiro atoms. The highest BCUT2D eigenvalue weighted by Gasteiger charge is 2.19. The number of nitrogens with zero attached hydrogens (tertiary/aromatic N) is 3. The van der Waals surface area contributed by atoms with Crippen molar-refractivity contribution >= 4 is 11.6 Å². The van der Waals surface area contributed by atoms with Gasteiger partial charge in [-0.1, -0.05) is 23.8 Å². The van der Waals surface area contributed by atoms with Crippen LogP contribution >= 0.6 is 0 Å². The van der Waals surface area contributed by atoms with Crippen molar-refractivity contribution in [3.8, 4) is 11.3 Å². The quantitative estimate of drug-likeness (QED) is 0.750. The van der Waals surface area contributed by atoms with Gasteiger partial charge in [0.15, 0.2) is 17.8 Å². The van der Waals surface area contributed by atoms with Gasteiger partial charge in [0.25, 0.3) is 5.91 Å². The summed E-state index contributed by atoms with van der Waals surface area (Å²) in [4.78, 5) is 16.5. The first-order valence-electron chi connectivity index (χ1n) is 7.63. The lowest BCUT2D eigenvalue weighted by atomic mass is 10.1. The maximum absolute atomic E-state index is 12.5. The molecule has 124 valence electrons. The fourth-order valence-electron chi connectivity index (χ4n) is 2.41. The number of hydrogen-bond acceptors (Lipinski definition) is 5. The Morgan fingerprint density at radius 3 is 3.04 bits per heavy atom. The first kappa shape index (κ1) is 15.9. The van der Waals surface area contributed by atoms with Gasteiger partial charge in [0.05, 0.1) is 18.4 Å². The molecule has 0 fully saturated rings. The molecule has 0 radical (unpaired) electrons. The highest BCUT2D eigenvalue weighted by molar-refractivity contribution is 6.06. The number of carbonyl (C=O) groups is 1. The number of anilines is 1. The van der Waals surface area contributed by atoms with Gasteiger partial charge < -0.3 is 15.5 Å². The number of benzene rings is 1. The molecule has 2 heterocycles. The zero-order valence-electron chi connectivity index (χ0n) is 13.6. The van der Waals surface area contributed by atoms with Crippen molar-refractivity contribution in [1.29, 1.82) is 0 Å². The average Bonchev–Trinajstić information content (AvgIpc) is 3.16. The van der Waals surface area contributed by atoms with Crippen LogP contribution in [0.25, 0.3) is 11.3 Å². The molecule has 0 saturated carbocycles. The van der Waals surface area contributed by atoms with Gasteiger partial charge in [0.1, 0.15) is 0 Å². The van der Waals surface area contributed by atoms with Gasteiger partial charge in [-0.15, -0.1) is 0 Å². The van der Waals surface area contributed by atoms with Crippen molar-refractivity contribution in [2.24, 2.45) is 5.73 Å². The highest BCUT2D eigenvalue weighted by atomic mass is 16.3. The van der Waals surface area contributed by atoms with Gasteiger partial charge in [0.2, 0.25) is 0 Å². The monoisotopic (exact) mass is 325 g/mol. The van der Waals surface area contributed by atoms with Crippen LogP contribution in [0.2, 0.25) is 0 Å². The molecule has 1 amide bonds. The number of carbonyl (C=O) groups excluding carboxylic acids is 1. The molecule has 0 aliphatic heterocycles. The Bertz CT molecular complexity index is 850. The van der Waals surface area contributed by atoms with Crippen molar-refractivity contribution in [3.63, 3.8) is 0 Å². The van der Waals surface area contributed by atoms with E-state index in [2.05, 4.69) is 15.4 Å². The van der Waals surface area contributed by atoms with E-state index >= 15 is 0 Å². The summed E-state index contributed by atoms with van der Waals surface area (Å²) in [5, 5.41) is 6.94. The second kappa shape index (κ2) is 6.67. The summed E-state index contributed by atoms with van der Waals surface area (Å²) < 4.78 is 7.10. The molecular formula is C17H19N5O2. The number of aromatic nitrogens is 3. The fraction of sp³-hybridized carbons (Fsp3) is 0.235. The maximum atomic E-state index is 12.5. The summed E-state index contributed by atoms with van der Waals surface area (Å²) in [5.74, 6) is 0.0970. The number of amides is 1. The number of nitrogens with two attached hydrogens (primary N) is 1. The summed E-state index contributed by atoms with van der Waals surface area (Å²) in [6.07, 6.45) is 4.58. The lowest BCUT2D eigenvalue weighted by Gasteiger charge is -2.04. The second-order valence-corrected chi connectivity index (χ2v) is 5.78. The third-order valence-corrected chi connectivity index (χ3v) is 3.43. The van der Waals surface area contributed by atoms with Crippen molar-refractivity contribution in [1.82, 2.24) is 14.8 Å². The van der Waals surface area contributed by atoms with Crippen LogP contribution in [-0.4, -0.2) is 26.7 Å². The van der Waals surface area contributed by atoms with E-state index in [9.17, 15) is 4.79 Å². The van der Waals surface area contributed by atoms with Gasteiger partial charge in [-0.3, -0.25) is 9.48 Å². The molecule has 7 heteroatoms. The van der Waals surface area contributed by atoms with Crippen LogP contribution in [-0.2, 0) is 6.54 Å². The first-order chi connectivity index (χ1) is 11.5. The van der Waals surface area contributed by atoms with Crippen molar-refractivity contribution in [2.45, 2.75) is 26.4 Å². The molecule has 1 aromatic carbocycles. The summed E-state index contributed by atoms with van der Waals surface area (Å²) in [6, 6.07) is 7.69. The maximum Gasteiger partial charge on any atom is 0.278 e. The van der Waals surface area contributed by atoms with Crippen LogP contribution in [0.5, 0.6) is 0 Å². The molecule has 7 nitrogen and oxygen atoms in total. The number of rotatable bonds is 5. The molecule has 1 atom stereocenters. The van der Waals surface area contributed by atoms with Gasteiger partial charge in [0, 0.05) is 17.8 Å². The third kappa shape index (κ3) is 3.52. The highest BCUT2D eigenvalue weighted by Crippen LogP contribution is 2.24. The van der Waals surface area contributed by atoms with Crippen molar-refractivity contribution in [2.75, 3.05) is 5.32 Å². The topological polar surface area (TPSA) is 99.0 Å². The normalized spacial score (nSPS) is 12.1. The minimum atomic E-state index is -0.347. The van der Waals surface area contributed by atoms with Crippen molar-refractivity contribution < 1.29 is 9.21 Å². The number of oxazole rings is 1. The van der Waals surface area contributed by atoms with Crippen LogP contribution in [0.15, 0.2) is 47.5 Å². The molecule has 0 aliphatic rings. The Morgan fingerprint density at radius 1 is 1.46 bits per heavy atom. The molecule has 24 heavy (non-hydrogen) atoms. The van der Waals surface area contributed by atoms with E-state index in [1.54, 1.807) is 17.1 Å². The Labute approximate surface area is 139 Å². The summed E-state index contributed by atoms with van der Waals surface area (Å²) in [6.45, 7) is 4.45. The second-order valence-electron chi connectivity index (χ2n) is 5.78. The van der Waals surface area contributed by atoms with E-state index in [4.69, 9.17) is 10.2 Å².